The van der Waals surface area contributed by atoms with Gasteiger partial charge in [0.1, 0.15) is 0 Å². The van der Waals surface area contributed by atoms with E-state index in [0.717, 1.165) is 19.0 Å². The first-order valence-corrected chi connectivity index (χ1v) is 5.98. The van der Waals surface area contributed by atoms with E-state index in [2.05, 4.69) is 25.8 Å². The second-order valence-electron chi connectivity index (χ2n) is 5.36. The molecule has 84 valence electrons. The van der Waals surface area contributed by atoms with E-state index >= 15 is 0 Å². The standard InChI is InChI=1S/C12H26N2/c1-4-12(2,9-13)10-14(3)8-11-6-5-7-11/h11H,4-10,13H2,1-3H3. The number of nitrogens with two attached hydrogens (primary N) is 1. The van der Waals surface area contributed by atoms with Crippen LogP contribution in [-0.4, -0.2) is 31.6 Å². The topological polar surface area (TPSA) is 29.3 Å². The van der Waals surface area contributed by atoms with E-state index in [1.807, 2.05) is 0 Å². The lowest BCUT2D eigenvalue weighted by molar-refractivity contribution is 0.145. The van der Waals surface area contributed by atoms with Gasteiger partial charge in [-0.25, -0.2) is 0 Å². The van der Waals surface area contributed by atoms with Gasteiger partial charge in [0, 0.05) is 13.1 Å². The Hall–Kier alpha value is -0.0800. The van der Waals surface area contributed by atoms with Gasteiger partial charge in [-0.15, -0.1) is 0 Å². The van der Waals surface area contributed by atoms with Crippen molar-refractivity contribution in [3.8, 4) is 0 Å². The van der Waals surface area contributed by atoms with Crippen LogP contribution in [0.2, 0.25) is 0 Å². The minimum absolute atomic E-state index is 0.318. The van der Waals surface area contributed by atoms with Crippen molar-refractivity contribution in [1.29, 1.82) is 0 Å². The highest BCUT2D eigenvalue weighted by atomic mass is 15.1. The van der Waals surface area contributed by atoms with Gasteiger partial charge in [-0.1, -0.05) is 20.3 Å². The van der Waals surface area contributed by atoms with E-state index in [1.54, 1.807) is 0 Å². The van der Waals surface area contributed by atoms with Crippen molar-refractivity contribution in [2.24, 2.45) is 17.1 Å². The van der Waals surface area contributed by atoms with Crippen LogP contribution in [0, 0.1) is 11.3 Å². The van der Waals surface area contributed by atoms with Crippen molar-refractivity contribution in [1.82, 2.24) is 4.90 Å². The van der Waals surface area contributed by atoms with Crippen molar-refractivity contribution >= 4 is 0 Å². The second-order valence-corrected chi connectivity index (χ2v) is 5.36. The van der Waals surface area contributed by atoms with Crippen molar-refractivity contribution < 1.29 is 0 Å². The summed E-state index contributed by atoms with van der Waals surface area (Å²) >= 11 is 0. The third-order valence-electron chi connectivity index (χ3n) is 3.79. The maximum absolute atomic E-state index is 5.82. The number of hydrogen-bond acceptors (Lipinski definition) is 2. The van der Waals surface area contributed by atoms with Gasteiger partial charge in [-0.05, 0) is 44.2 Å². The molecule has 1 saturated carbocycles. The van der Waals surface area contributed by atoms with Crippen LogP contribution in [0.1, 0.15) is 39.5 Å². The van der Waals surface area contributed by atoms with E-state index in [1.165, 1.54) is 32.2 Å². The molecule has 0 amide bonds. The fourth-order valence-corrected chi connectivity index (χ4v) is 2.15. The van der Waals surface area contributed by atoms with Gasteiger partial charge < -0.3 is 10.6 Å². The second kappa shape index (κ2) is 5.13. The Morgan fingerprint density at radius 2 is 2.07 bits per heavy atom. The maximum atomic E-state index is 5.82. The molecule has 0 radical (unpaired) electrons. The van der Waals surface area contributed by atoms with Crippen molar-refractivity contribution in [2.45, 2.75) is 39.5 Å². The molecular weight excluding hydrogens is 172 g/mol. The molecule has 0 aliphatic heterocycles. The Labute approximate surface area is 88.8 Å². The van der Waals surface area contributed by atoms with Gasteiger partial charge >= 0.3 is 0 Å². The van der Waals surface area contributed by atoms with Crippen LogP contribution in [0.4, 0.5) is 0 Å². The summed E-state index contributed by atoms with van der Waals surface area (Å²) in [6.07, 6.45) is 5.50. The zero-order valence-electron chi connectivity index (χ0n) is 10.1. The van der Waals surface area contributed by atoms with Gasteiger partial charge in [-0.2, -0.15) is 0 Å². The van der Waals surface area contributed by atoms with Crippen LogP contribution in [0.3, 0.4) is 0 Å². The minimum Gasteiger partial charge on any atom is -0.330 e. The van der Waals surface area contributed by atoms with Gasteiger partial charge in [0.05, 0.1) is 0 Å². The monoisotopic (exact) mass is 198 g/mol. The van der Waals surface area contributed by atoms with Crippen molar-refractivity contribution in [2.75, 3.05) is 26.7 Å². The molecule has 0 bridgehead atoms. The van der Waals surface area contributed by atoms with Gasteiger partial charge in [-0.3, -0.25) is 0 Å². The number of nitrogens with zero attached hydrogens (tertiary/aromatic N) is 1. The van der Waals surface area contributed by atoms with Crippen LogP contribution < -0.4 is 5.73 Å². The molecule has 1 aliphatic carbocycles. The molecule has 0 aromatic heterocycles. The summed E-state index contributed by atoms with van der Waals surface area (Å²) in [7, 11) is 2.24. The molecule has 0 spiro atoms. The van der Waals surface area contributed by atoms with Crippen LogP contribution in [-0.2, 0) is 0 Å². The fraction of sp³-hybridized carbons (Fsp3) is 1.00. The Bertz CT molecular complexity index is 160. The Kier molecular flexibility index (Phi) is 4.39. The molecule has 2 N–H and O–H groups in total. The first-order valence-electron chi connectivity index (χ1n) is 5.98. The lowest BCUT2D eigenvalue weighted by Gasteiger charge is -2.36. The van der Waals surface area contributed by atoms with Crippen LogP contribution in [0.15, 0.2) is 0 Å². The zero-order chi connectivity index (χ0) is 10.6. The fourth-order valence-electron chi connectivity index (χ4n) is 2.15. The van der Waals surface area contributed by atoms with Crippen LogP contribution >= 0.6 is 0 Å². The molecule has 1 rings (SSSR count). The molecule has 0 heterocycles. The number of rotatable bonds is 6. The van der Waals surface area contributed by atoms with Crippen molar-refractivity contribution in [3.05, 3.63) is 0 Å². The predicted octanol–water partition coefficient (Wildman–Crippen LogP) is 2.09. The zero-order valence-corrected chi connectivity index (χ0v) is 10.1. The molecule has 1 fully saturated rings. The highest BCUT2D eigenvalue weighted by Gasteiger charge is 2.25. The molecule has 2 nitrogen and oxygen atoms in total. The smallest absolute Gasteiger partial charge is 0.00444 e. The molecule has 0 aromatic carbocycles. The third-order valence-corrected chi connectivity index (χ3v) is 3.79. The maximum Gasteiger partial charge on any atom is 0.00444 e. The molecule has 14 heavy (non-hydrogen) atoms. The van der Waals surface area contributed by atoms with E-state index in [0.29, 0.717) is 5.41 Å². The largest absolute Gasteiger partial charge is 0.330 e. The molecule has 1 atom stereocenters. The summed E-state index contributed by atoms with van der Waals surface area (Å²) in [5.74, 6) is 0.971. The summed E-state index contributed by atoms with van der Waals surface area (Å²) < 4.78 is 0. The quantitative estimate of drug-likeness (QED) is 0.708. The molecule has 2 heteroatoms. The predicted molar refractivity (Wildman–Crippen MR) is 62.3 cm³/mol. The average molecular weight is 198 g/mol. The molecule has 1 aliphatic rings. The molecule has 0 aromatic rings. The summed E-state index contributed by atoms with van der Waals surface area (Å²) in [4.78, 5) is 2.47. The Morgan fingerprint density at radius 1 is 1.43 bits per heavy atom. The third kappa shape index (κ3) is 3.25. The summed E-state index contributed by atoms with van der Waals surface area (Å²) in [6, 6.07) is 0. The number of hydrogen-bond donors (Lipinski definition) is 1. The van der Waals surface area contributed by atoms with Gasteiger partial charge in [0.25, 0.3) is 0 Å². The van der Waals surface area contributed by atoms with Crippen LogP contribution in [0.5, 0.6) is 0 Å². The molecular formula is C12H26N2. The van der Waals surface area contributed by atoms with Crippen LogP contribution in [0.25, 0.3) is 0 Å². The lowest BCUT2D eigenvalue weighted by Crippen LogP contribution is -2.41. The van der Waals surface area contributed by atoms with Crippen molar-refractivity contribution in [3.63, 3.8) is 0 Å². The van der Waals surface area contributed by atoms with E-state index < -0.39 is 0 Å². The summed E-state index contributed by atoms with van der Waals surface area (Å²) in [5.41, 5.74) is 6.13. The first kappa shape index (κ1) is 12.0. The van der Waals surface area contributed by atoms with E-state index in [9.17, 15) is 0 Å². The minimum atomic E-state index is 0.318. The Morgan fingerprint density at radius 3 is 2.43 bits per heavy atom. The van der Waals surface area contributed by atoms with Gasteiger partial charge in [0.15, 0.2) is 0 Å². The highest BCUT2D eigenvalue weighted by Crippen LogP contribution is 2.28. The van der Waals surface area contributed by atoms with E-state index in [4.69, 9.17) is 5.73 Å². The normalized spacial score (nSPS) is 22.1. The Balaban J connectivity index is 2.26. The molecule has 1 unspecified atom stereocenters. The average Bonchev–Trinajstić information content (AvgIpc) is 2.11. The van der Waals surface area contributed by atoms with E-state index in [-0.39, 0.29) is 0 Å². The highest BCUT2D eigenvalue weighted by molar-refractivity contribution is 4.79. The first-order chi connectivity index (χ1) is 6.59. The SMILES string of the molecule is CCC(C)(CN)CN(C)CC1CCC1. The summed E-state index contributed by atoms with van der Waals surface area (Å²) in [6.45, 7) is 7.76. The van der Waals surface area contributed by atoms with Gasteiger partial charge in [0.2, 0.25) is 0 Å². The molecule has 0 saturated heterocycles. The summed E-state index contributed by atoms with van der Waals surface area (Å²) in [5, 5.41) is 0. The lowest BCUT2D eigenvalue weighted by atomic mass is 9.83.